The predicted molar refractivity (Wildman–Crippen MR) is 84.9 cm³/mol. The Morgan fingerprint density at radius 1 is 1.00 bits per heavy atom. The number of allylic oxidation sites excluding steroid dienone is 2. The molecule has 22 heavy (non-hydrogen) atoms. The third kappa shape index (κ3) is 1.55. The number of carbonyl (C=O) groups excluding carboxylic acids is 1. The normalized spacial score (nSPS) is 53.9. The molecule has 2 heteroatoms. The zero-order chi connectivity index (χ0) is 15.2. The summed E-state index contributed by atoms with van der Waals surface area (Å²) >= 11 is 0. The standard InChI is InChI=1S/C20H28O2/c1-20(2,3)19(21)22-18-12-7-8-13(18)17-15-9-14(16(12)17)10-5-4-6-11(10)15/h4-5,10-18H,6-9H2,1-3H3. The molecule has 0 aromatic heterocycles. The number of hydrogen-bond donors (Lipinski definition) is 0. The fraction of sp³-hybridized carbons (Fsp3) is 0.850. The molecular weight excluding hydrogens is 272 g/mol. The summed E-state index contributed by atoms with van der Waals surface area (Å²) in [5, 5.41) is 0. The van der Waals surface area contributed by atoms with E-state index in [2.05, 4.69) is 12.2 Å². The Balaban J connectivity index is 1.42. The highest BCUT2D eigenvalue weighted by Gasteiger charge is 2.69. The van der Waals surface area contributed by atoms with Gasteiger partial charge in [-0.1, -0.05) is 12.2 Å². The SMILES string of the molecule is CC(C)(C)C(=O)OC1C2CCC1C1C3CC(C4C=CCC43)C21. The highest BCUT2D eigenvalue weighted by atomic mass is 16.5. The van der Waals surface area contributed by atoms with Gasteiger partial charge in [-0.15, -0.1) is 0 Å². The van der Waals surface area contributed by atoms with Crippen molar-refractivity contribution in [2.75, 3.05) is 0 Å². The number of esters is 1. The van der Waals surface area contributed by atoms with Gasteiger partial charge in [0, 0.05) is 0 Å². The molecule has 5 aliphatic rings. The number of hydrogen-bond acceptors (Lipinski definition) is 2. The van der Waals surface area contributed by atoms with Crippen molar-refractivity contribution in [1.29, 1.82) is 0 Å². The Kier molecular flexibility index (Phi) is 2.59. The van der Waals surface area contributed by atoms with Gasteiger partial charge in [0.2, 0.25) is 0 Å². The van der Waals surface area contributed by atoms with E-state index < -0.39 is 0 Å². The molecule has 4 bridgehead atoms. The maximum absolute atomic E-state index is 12.4. The molecule has 0 aromatic carbocycles. The van der Waals surface area contributed by atoms with E-state index in [0.29, 0.717) is 11.8 Å². The first-order valence-corrected chi connectivity index (χ1v) is 9.34. The highest BCUT2D eigenvalue weighted by molar-refractivity contribution is 5.75. The molecule has 0 amide bonds. The van der Waals surface area contributed by atoms with Crippen LogP contribution in [0.3, 0.4) is 0 Å². The minimum Gasteiger partial charge on any atom is -0.461 e. The first-order chi connectivity index (χ1) is 10.5. The second-order valence-corrected chi connectivity index (χ2v) is 9.65. The second-order valence-electron chi connectivity index (χ2n) is 9.65. The molecule has 0 aromatic rings. The molecule has 0 aliphatic heterocycles. The minimum atomic E-state index is -0.366. The number of ether oxygens (including phenoxy) is 1. The molecular formula is C20H28O2. The van der Waals surface area contributed by atoms with Gasteiger partial charge in [0.15, 0.2) is 0 Å². The van der Waals surface area contributed by atoms with Crippen LogP contribution in [0.5, 0.6) is 0 Å². The van der Waals surface area contributed by atoms with Crippen molar-refractivity contribution < 1.29 is 9.53 Å². The zero-order valence-electron chi connectivity index (χ0n) is 14.0. The lowest BCUT2D eigenvalue weighted by Gasteiger charge is -2.40. The summed E-state index contributed by atoms with van der Waals surface area (Å²) in [6.07, 6.45) is 10.6. The summed E-state index contributed by atoms with van der Waals surface area (Å²) in [4.78, 5) is 12.4. The number of rotatable bonds is 1. The van der Waals surface area contributed by atoms with Crippen LogP contribution in [0.2, 0.25) is 0 Å². The second kappa shape index (κ2) is 4.19. The molecule has 5 aliphatic carbocycles. The molecule has 0 saturated heterocycles. The van der Waals surface area contributed by atoms with Crippen LogP contribution < -0.4 is 0 Å². The van der Waals surface area contributed by atoms with Crippen molar-refractivity contribution in [2.45, 2.75) is 52.6 Å². The Morgan fingerprint density at radius 3 is 2.36 bits per heavy atom. The Hall–Kier alpha value is -0.790. The first-order valence-electron chi connectivity index (χ1n) is 9.34. The minimum absolute atomic E-state index is 0.0156. The van der Waals surface area contributed by atoms with Crippen molar-refractivity contribution in [3.8, 4) is 0 Å². The van der Waals surface area contributed by atoms with Crippen LogP contribution in [-0.4, -0.2) is 12.1 Å². The van der Waals surface area contributed by atoms with Crippen LogP contribution >= 0.6 is 0 Å². The van der Waals surface area contributed by atoms with Crippen LogP contribution in [0.4, 0.5) is 0 Å². The third-order valence-electron chi connectivity index (χ3n) is 7.80. The molecule has 120 valence electrons. The van der Waals surface area contributed by atoms with Gasteiger partial charge < -0.3 is 4.74 Å². The average molecular weight is 300 g/mol. The van der Waals surface area contributed by atoms with Crippen molar-refractivity contribution in [1.82, 2.24) is 0 Å². The monoisotopic (exact) mass is 300 g/mol. The van der Waals surface area contributed by atoms with E-state index in [-0.39, 0.29) is 17.5 Å². The van der Waals surface area contributed by atoms with E-state index in [1.54, 1.807) is 0 Å². The predicted octanol–water partition coefficient (Wildman–Crippen LogP) is 4.06. The van der Waals surface area contributed by atoms with Crippen molar-refractivity contribution in [2.24, 2.45) is 52.8 Å². The molecule has 0 spiro atoms. The smallest absolute Gasteiger partial charge is 0.311 e. The third-order valence-corrected chi connectivity index (χ3v) is 7.80. The summed E-state index contributed by atoms with van der Waals surface area (Å²) in [5.41, 5.74) is -0.366. The molecule has 2 nitrogen and oxygen atoms in total. The van der Waals surface area contributed by atoms with Gasteiger partial charge in [0.25, 0.3) is 0 Å². The number of carbonyl (C=O) groups is 1. The fourth-order valence-corrected chi connectivity index (χ4v) is 7.22. The molecule has 5 rings (SSSR count). The molecule has 0 N–H and O–H groups in total. The average Bonchev–Trinajstić information content (AvgIpc) is 3.20. The van der Waals surface area contributed by atoms with E-state index >= 15 is 0 Å². The Morgan fingerprint density at radius 2 is 1.68 bits per heavy atom. The molecule has 0 radical (unpaired) electrons. The first kappa shape index (κ1) is 13.6. The van der Waals surface area contributed by atoms with Gasteiger partial charge in [-0.3, -0.25) is 4.79 Å². The van der Waals surface area contributed by atoms with Gasteiger partial charge in [-0.2, -0.15) is 0 Å². The van der Waals surface area contributed by atoms with Crippen molar-refractivity contribution in [3.63, 3.8) is 0 Å². The number of fused-ring (bicyclic) bond motifs is 12. The van der Waals surface area contributed by atoms with Gasteiger partial charge in [-0.05, 0) is 93.8 Å². The lowest BCUT2D eigenvalue weighted by Crippen LogP contribution is -2.36. The summed E-state index contributed by atoms with van der Waals surface area (Å²) in [6.45, 7) is 5.93. The van der Waals surface area contributed by atoms with E-state index in [1.807, 2.05) is 20.8 Å². The van der Waals surface area contributed by atoms with Crippen LogP contribution in [-0.2, 0) is 9.53 Å². The Labute approximate surface area is 133 Å². The molecule has 9 atom stereocenters. The van der Waals surface area contributed by atoms with Crippen LogP contribution in [0.25, 0.3) is 0 Å². The van der Waals surface area contributed by atoms with E-state index in [0.717, 1.165) is 35.5 Å². The summed E-state index contributed by atoms with van der Waals surface area (Å²) in [5.74, 6) is 6.75. The lowest BCUT2D eigenvalue weighted by molar-refractivity contribution is -0.161. The van der Waals surface area contributed by atoms with Crippen LogP contribution in [0.15, 0.2) is 12.2 Å². The summed E-state index contributed by atoms with van der Waals surface area (Å²) in [7, 11) is 0. The summed E-state index contributed by atoms with van der Waals surface area (Å²) < 4.78 is 6.09. The zero-order valence-corrected chi connectivity index (χ0v) is 14.0. The quantitative estimate of drug-likeness (QED) is 0.415. The van der Waals surface area contributed by atoms with Crippen LogP contribution in [0.1, 0.15) is 46.5 Å². The maximum atomic E-state index is 12.4. The molecule has 4 fully saturated rings. The fourth-order valence-electron chi connectivity index (χ4n) is 7.22. The van der Waals surface area contributed by atoms with Gasteiger partial charge in [0.05, 0.1) is 5.41 Å². The molecule has 0 heterocycles. The molecule has 9 unspecified atom stereocenters. The summed E-state index contributed by atoms with van der Waals surface area (Å²) in [6, 6.07) is 0. The van der Waals surface area contributed by atoms with E-state index in [9.17, 15) is 4.79 Å². The van der Waals surface area contributed by atoms with Crippen molar-refractivity contribution >= 4 is 5.97 Å². The van der Waals surface area contributed by atoms with Gasteiger partial charge >= 0.3 is 5.97 Å². The largest absolute Gasteiger partial charge is 0.461 e. The highest BCUT2D eigenvalue weighted by Crippen LogP contribution is 2.72. The maximum Gasteiger partial charge on any atom is 0.311 e. The lowest BCUT2D eigenvalue weighted by atomic mass is 9.64. The van der Waals surface area contributed by atoms with Gasteiger partial charge in [-0.25, -0.2) is 0 Å². The van der Waals surface area contributed by atoms with Gasteiger partial charge in [0.1, 0.15) is 6.10 Å². The topological polar surface area (TPSA) is 26.3 Å². The van der Waals surface area contributed by atoms with Crippen molar-refractivity contribution in [3.05, 3.63) is 12.2 Å². The van der Waals surface area contributed by atoms with Crippen LogP contribution in [0, 0.1) is 52.8 Å². The van der Waals surface area contributed by atoms with E-state index in [1.165, 1.54) is 25.7 Å². The molecule has 4 saturated carbocycles. The Bertz CT molecular complexity index is 542. The van der Waals surface area contributed by atoms with E-state index in [4.69, 9.17) is 4.74 Å².